The monoisotopic (exact) mass is 195 g/mol. The zero-order valence-electron chi connectivity index (χ0n) is 9.76. The molecular formula is C13H25N. The lowest BCUT2D eigenvalue weighted by Crippen LogP contribution is -2.28. The molecule has 2 aliphatic rings. The van der Waals surface area contributed by atoms with Gasteiger partial charge in [-0.3, -0.25) is 0 Å². The minimum atomic E-state index is 0.263. The van der Waals surface area contributed by atoms with Crippen molar-refractivity contribution in [1.29, 1.82) is 0 Å². The van der Waals surface area contributed by atoms with Gasteiger partial charge in [0.2, 0.25) is 0 Å². The second-order valence-corrected chi connectivity index (χ2v) is 6.12. The van der Waals surface area contributed by atoms with Crippen LogP contribution in [0.2, 0.25) is 0 Å². The second kappa shape index (κ2) is 3.84. The van der Waals surface area contributed by atoms with Crippen LogP contribution in [0, 0.1) is 17.8 Å². The third-order valence-electron chi connectivity index (χ3n) is 4.18. The Hall–Kier alpha value is -0.0400. The Kier molecular flexibility index (Phi) is 2.88. The second-order valence-electron chi connectivity index (χ2n) is 6.12. The van der Waals surface area contributed by atoms with E-state index in [-0.39, 0.29) is 5.54 Å². The van der Waals surface area contributed by atoms with Crippen molar-refractivity contribution in [1.82, 2.24) is 0 Å². The first-order chi connectivity index (χ1) is 6.60. The van der Waals surface area contributed by atoms with Crippen molar-refractivity contribution in [2.45, 2.75) is 64.3 Å². The van der Waals surface area contributed by atoms with Crippen molar-refractivity contribution in [3.05, 3.63) is 0 Å². The largest absolute Gasteiger partial charge is 0.325 e. The van der Waals surface area contributed by atoms with Gasteiger partial charge in [0.25, 0.3) is 0 Å². The molecular weight excluding hydrogens is 170 g/mol. The van der Waals surface area contributed by atoms with Crippen LogP contribution in [0.5, 0.6) is 0 Å². The van der Waals surface area contributed by atoms with Gasteiger partial charge in [-0.2, -0.15) is 0 Å². The van der Waals surface area contributed by atoms with Gasteiger partial charge >= 0.3 is 0 Å². The summed E-state index contributed by atoms with van der Waals surface area (Å²) < 4.78 is 0. The van der Waals surface area contributed by atoms with E-state index < -0.39 is 0 Å². The summed E-state index contributed by atoms with van der Waals surface area (Å²) in [6.45, 7) is 4.63. The van der Waals surface area contributed by atoms with Crippen LogP contribution >= 0.6 is 0 Å². The molecule has 0 heterocycles. The lowest BCUT2D eigenvalue weighted by atomic mass is 9.93. The molecule has 0 aromatic heterocycles. The van der Waals surface area contributed by atoms with Crippen molar-refractivity contribution in [2.24, 2.45) is 23.5 Å². The summed E-state index contributed by atoms with van der Waals surface area (Å²) in [6, 6.07) is 0. The zero-order valence-corrected chi connectivity index (χ0v) is 9.76. The molecule has 2 unspecified atom stereocenters. The van der Waals surface area contributed by atoms with Crippen LogP contribution in [0.3, 0.4) is 0 Å². The minimum Gasteiger partial charge on any atom is -0.325 e. The minimum absolute atomic E-state index is 0.263. The Bertz CT molecular complexity index is 193. The molecule has 0 aromatic rings. The van der Waals surface area contributed by atoms with Gasteiger partial charge in [0.15, 0.2) is 0 Å². The first-order valence-corrected chi connectivity index (χ1v) is 6.39. The molecule has 2 atom stereocenters. The van der Waals surface area contributed by atoms with Crippen molar-refractivity contribution in [3.8, 4) is 0 Å². The number of hydrogen-bond donors (Lipinski definition) is 1. The van der Waals surface area contributed by atoms with E-state index in [1.807, 2.05) is 0 Å². The summed E-state index contributed by atoms with van der Waals surface area (Å²) in [5.74, 6) is 2.65. The molecule has 2 fully saturated rings. The first kappa shape index (κ1) is 10.5. The summed E-state index contributed by atoms with van der Waals surface area (Å²) in [4.78, 5) is 0. The van der Waals surface area contributed by atoms with Crippen LogP contribution in [0.15, 0.2) is 0 Å². The summed E-state index contributed by atoms with van der Waals surface area (Å²) in [7, 11) is 0. The van der Waals surface area contributed by atoms with Gasteiger partial charge in [-0.15, -0.1) is 0 Å². The molecule has 2 rings (SSSR count). The smallest absolute Gasteiger partial charge is 0.0189 e. The van der Waals surface area contributed by atoms with Crippen molar-refractivity contribution in [3.63, 3.8) is 0 Å². The molecule has 0 saturated heterocycles. The van der Waals surface area contributed by atoms with Gasteiger partial charge in [-0.25, -0.2) is 0 Å². The first-order valence-electron chi connectivity index (χ1n) is 6.39. The van der Waals surface area contributed by atoms with E-state index in [0.29, 0.717) is 0 Å². The molecule has 82 valence electrons. The molecule has 1 nitrogen and oxygen atoms in total. The maximum absolute atomic E-state index is 6.42. The number of rotatable bonds is 4. The van der Waals surface area contributed by atoms with Gasteiger partial charge < -0.3 is 5.73 Å². The summed E-state index contributed by atoms with van der Waals surface area (Å²) >= 11 is 0. The number of hydrogen-bond acceptors (Lipinski definition) is 1. The average Bonchev–Trinajstić information content (AvgIpc) is 2.53. The van der Waals surface area contributed by atoms with Gasteiger partial charge in [-0.05, 0) is 37.0 Å². The molecule has 14 heavy (non-hydrogen) atoms. The van der Waals surface area contributed by atoms with E-state index in [2.05, 4.69) is 13.8 Å². The summed E-state index contributed by atoms with van der Waals surface area (Å²) in [6.07, 6.45) is 9.79. The van der Waals surface area contributed by atoms with Gasteiger partial charge in [-0.1, -0.05) is 39.5 Å². The number of nitrogens with two attached hydrogens (primary N) is 1. The third kappa shape index (κ3) is 2.31. The Morgan fingerprint density at radius 1 is 1.29 bits per heavy atom. The maximum Gasteiger partial charge on any atom is 0.0189 e. The van der Waals surface area contributed by atoms with Crippen LogP contribution in [0.4, 0.5) is 0 Å². The zero-order chi connectivity index (χ0) is 10.2. The van der Waals surface area contributed by atoms with Crippen LogP contribution in [0.1, 0.15) is 58.8 Å². The van der Waals surface area contributed by atoms with Crippen molar-refractivity contribution < 1.29 is 0 Å². The lowest BCUT2D eigenvalue weighted by molar-refractivity contribution is 0.389. The van der Waals surface area contributed by atoms with Crippen molar-refractivity contribution >= 4 is 0 Å². The molecule has 0 aromatic carbocycles. The molecule has 0 spiro atoms. The van der Waals surface area contributed by atoms with Gasteiger partial charge in [0, 0.05) is 5.54 Å². The van der Waals surface area contributed by atoms with E-state index in [0.717, 1.165) is 17.8 Å². The van der Waals surface area contributed by atoms with E-state index in [9.17, 15) is 0 Å². The van der Waals surface area contributed by atoms with E-state index in [1.54, 1.807) is 0 Å². The van der Waals surface area contributed by atoms with Crippen LogP contribution < -0.4 is 5.73 Å². The average molecular weight is 195 g/mol. The molecule has 0 amide bonds. The lowest BCUT2D eigenvalue weighted by Gasteiger charge is -2.17. The van der Waals surface area contributed by atoms with Crippen LogP contribution in [-0.4, -0.2) is 5.54 Å². The topological polar surface area (TPSA) is 26.0 Å². The maximum atomic E-state index is 6.42. The van der Waals surface area contributed by atoms with Gasteiger partial charge in [0.1, 0.15) is 0 Å². The molecule has 2 aliphatic carbocycles. The fourth-order valence-corrected chi connectivity index (χ4v) is 3.29. The Morgan fingerprint density at radius 2 is 1.93 bits per heavy atom. The molecule has 2 N–H and O–H groups in total. The van der Waals surface area contributed by atoms with Crippen LogP contribution in [0.25, 0.3) is 0 Å². The Morgan fingerprint density at radius 3 is 2.50 bits per heavy atom. The van der Waals surface area contributed by atoms with Gasteiger partial charge in [0.05, 0.1) is 0 Å². The molecule has 0 radical (unpaired) electrons. The highest BCUT2D eigenvalue weighted by Crippen LogP contribution is 2.50. The highest BCUT2D eigenvalue weighted by Gasteiger charge is 2.51. The molecule has 1 heteroatoms. The van der Waals surface area contributed by atoms with E-state index in [1.165, 1.54) is 44.9 Å². The van der Waals surface area contributed by atoms with E-state index in [4.69, 9.17) is 5.73 Å². The Labute approximate surface area is 88.4 Å². The SMILES string of the molecule is CC(C)CC1CC1(N)CC1CCCC1. The third-order valence-corrected chi connectivity index (χ3v) is 4.18. The fourth-order valence-electron chi connectivity index (χ4n) is 3.29. The summed E-state index contributed by atoms with van der Waals surface area (Å²) in [5.41, 5.74) is 6.68. The van der Waals surface area contributed by atoms with E-state index >= 15 is 0 Å². The highest BCUT2D eigenvalue weighted by molar-refractivity contribution is 5.08. The molecule has 2 saturated carbocycles. The van der Waals surface area contributed by atoms with Crippen LogP contribution in [-0.2, 0) is 0 Å². The predicted octanol–water partition coefficient (Wildman–Crippen LogP) is 3.33. The fraction of sp³-hybridized carbons (Fsp3) is 1.00. The quantitative estimate of drug-likeness (QED) is 0.731. The predicted molar refractivity (Wildman–Crippen MR) is 61.1 cm³/mol. The highest BCUT2D eigenvalue weighted by atomic mass is 14.9. The Balaban J connectivity index is 1.75. The standard InChI is InChI=1S/C13H25N/c1-10(2)7-12-9-13(12,14)8-11-5-3-4-6-11/h10-12H,3-9,14H2,1-2H3. The molecule has 0 aliphatic heterocycles. The molecule has 0 bridgehead atoms. The normalized spacial score (nSPS) is 38.1. The summed E-state index contributed by atoms with van der Waals surface area (Å²) in [5, 5.41) is 0. The van der Waals surface area contributed by atoms with Crippen molar-refractivity contribution in [2.75, 3.05) is 0 Å².